The Bertz CT molecular complexity index is 108. The van der Waals surface area contributed by atoms with Gasteiger partial charge in [0, 0.05) is 12.0 Å². The molecule has 0 aromatic carbocycles. The molecular formula is C9H18O2. The Morgan fingerprint density at radius 1 is 1.27 bits per heavy atom. The maximum absolute atomic E-state index is 8.54. The summed E-state index contributed by atoms with van der Waals surface area (Å²) in [4.78, 5) is 0. The molecule has 1 fully saturated rings. The van der Waals surface area contributed by atoms with Crippen LogP contribution in [0.15, 0.2) is 0 Å². The summed E-state index contributed by atoms with van der Waals surface area (Å²) >= 11 is 0. The average molecular weight is 158 g/mol. The number of unbranched alkanes of at least 4 members (excludes halogenated alkanes) is 2. The minimum absolute atomic E-state index is 0.340. The molecule has 1 aliphatic heterocycles. The van der Waals surface area contributed by atoms with Crippen LogP contribution < -0.4 is 0 Å². The Morgan fingerprint density at radius 3 is 2.45 bits per heavy atom. The van der Waals surface area contributed by atoms with E-state index in [9.17, 15) is 0 Å². The molecule has 0 amide bonds. The van der Waals surface area contributed by atoms with Gasteiger partial charge in [-0.2, -0.15) is 0 Å². The first-order chi connectivity index (χ1) is 5.27. The van der Waals surface area contributed by atoms with Crippen molar-refractivity contribution >= 4 is 0 Å². The van der Waals surface area contributed by atoms with Crippen LogP contribution in [-0.4, -0.2) is 24.9 Å². The first-order valence-electron chi connectivity index (χ1n) is 4.45. The van der Waals surface area contributed by atoms with Crippen molar-refractivity contribution < 1.29 is 9.84 Å². The molecule has 1 N–H and O–H groups in total. The average Bonchev–Trinajstić information content (AvgIpc) is 1.95. The molecule has 0 aliphatic carbocycles. The number of hydrogen-bond acceptors (Lipinski definition) is 2. The van der Waals surface area contributed by atoms with Crippen molar-refractivity contribution in [3.05, 3.63) is 0 Å². The quantitative estimate of drug-likeness (QED) is 0.615. The standard InChI is InChI=1S/C9H18O2/c1-9(7-11-8-9)5-3-2-4-6-10/h10H,2-8H2,1H3. The van der Waals surface area contributed by atoms with Crippen molar-refractivity contribution in [1.82, 2.24) is 0 Å². The van der Waals surface area contributed by atoms with Crippen molar-refractivity contribution in [1.29, 1.82) is 0 Å². The van der Waals surface area contributed by atoms with Crippen LogP contribution in [0.25, 0.3) is 0 Å². The molecule has 0 aromatic rings. The molecule has 1 aliphatic rings. The molecule has 2 heteroatoms. The highest BCUT2D eigenvalue weighted by molar-refractivity contribution is 4.80. The lowest BCUT2D eigenvalue weighted by atomic mass is 9.83. The van der Waals surface area contributed by atoms with Gasteiger partial charge >= 0.3 is 0 Å². The van der Waals surface area contributed by atoms with E-state index in [-0.39, 0.29) is 0 Å². The fourth-order valence-electron chi connectivity index (χ4n) is 1.44. The SMILES string of the molecule is CC1(CCCCCO)COC1. The predicted molar refractivity (Wildman–Crippen MR) is 44.5 cm³/mol. The largest absolute Gasteiger partial charge is 0.396 e. The van der Waals surface area contributed by atoms with E-state index in [2.05, 4.69) is 6.92 Å². The zero-order valence-corrected chi connectivity index (χ0v) is 7.31. The molecule has 1 heterocycles. The zero-order chi connectivity index (χ0) is 8.16. The Morgan fingerprint density at radius 2 is 2.00 bits per heavy atom. The van der Waals surface area contributed by atoms with Gasteiger partial charge in [-0.1, -0.05) is 19.8 Å². The summed E-state index contributed by atoms with van der Waals surface area (Å²) in [6.07, 6.45) is 4.61. The molecule has 2 nitrogen and oxygen atoms in total. The van der Waals surface area contributed by atoms with Gasteiger partial charge in [0.25, 0.3) is 0 Å². The van der Waals surface area contributed by atoms with Crippen molar-refractivity contribution in [2.24, 2.45) is 5.41 Å². The van der Waals surface area contributed by atoms with Gasteiger partial charge in [-0.3, -0.25) is 0 Å². The summed E-state index contributed by atoms with van der Waals surface area (Å²) in [5.74, 6) is 0. The van der Waals surface area contributed by atoms with Gasteiger partial charge in [-0.25, -0.2) is 0 Å². The maximum Gasteiger partial charge on any atom is 0.0542 e. The third-order valence-corrected chi connectivity index (χ3v) is 2.34. The molecule has 11 heavy (non-hydrogen) atoms. The predicted octanol–water partition coefficient (Wildman–Crippen LogP) is 1.58. The van der Waals surface area contributed by atoms with E-state index in [1.165, 1.54) is 12.8 Å². The first-order valence-corrected chi connectivity index (χ1v) is 4.45. The minimum atomic E-state index is 0.340. The molecule has 0 aromatic heterocycles. The third-order valence-electron chi connectivity index (χ3n) is 2.34. The van der Waals surface area contributed by atoms with Crippen LogP contribution in [-0.2, 0) is 4.74 Å². The molecule has 0 atom stereocenters. The smallest absolute Gasteiger partial charge is 0.0542 e. The van der Waals surface area contributed by atoms with Gasteiger partial charge in [0.1, 0.15) is 0 Å². The highest BCUT2D eigenvalue weighted by Gasteiger charge is 2.32. The van der Waals surface area contributed by atoms with Gasteiger partial charge in [0.2, 0.25) is 0 Å². The van der Waals surface area contributed by atoms with Crippen LogP contribution in [0.2, 0.25) is 0 Å². The van der Waals surface area contributed by atoms with E-state index in [0.29, 0.717) is 12.0 Å². The lowest BCUT2D eigenvalue weighted by molar-refractivity contribution is -0.106. The van der Waals surface area contributed by atoms with Crippen LogP contribution >= 0.6 is 0 Å². The molecule has 66 valence electrons. The monoisotopic (exact) mass is 158 g/mol. The molecule has 0 saturated carbocycles. The highest BCUT2D eigenvalue weighted by atomic mass is 16.5. The third kappa shape index (κ3) is 2.80. The second-order valence-corrected chi connectivity index (χ2v) is 3.84. The maximum atomic E-state index is 8.54. The number of aliphatic hydroxyl groups is 1. The van der Waals surface area contributed by atoms with Gasteiger partial charge in [-0.15, -0.1) is 0 Å². The summed E-state index contributed by atoms with van der Waals surface area (Å²) < 4.78 is 5.15. The molecule has 1 saturated heterocycles. The van der Waals surface area contributed by atoms with Crippen LogP contribution in [0.4, 0.5) is 0 Å². The van der Waals surface area contributed by atoms with Crippen molar-refractivity contribution in [3.63, 3.8) is 0 Å². The molecular weight excluding hydrogens is 140 g/mol. The first kappa shape index (κ1) is 9.01. The van der Waals surface area contributed by atoms with Gasteiger partial charge in [-0.05, 0) is 12.8 Å². The second kappa shape index (κ2) is 4.07. The van der Waals surface area contributed by atoms with Crippen LogP contribution in [0.3, 0.4) is 0 Å². The number of rotatable bonds is 5. The molecule has 1 rings (SSSR count). The van der Waals surface area contributed by atoms with E-state index in [4.69, 9.17) is 9.84 Å². The molecule has 0 spiro atoms. The summed E-state index contributed by atoms with van der Waals surface area (Å²) in [5, 5.41) is 8.54. The Labute approximate surface area is 68.6 Å². The Balaban J connectivity index is 1.94. The number of hydrogen-bond donors (Lipinski definition) is 1. The van der Waals surface area contributed by atoms with Crippen molar-refractivity contribution in [2.45, 2.75) is 32.6 Å². The van der Waals surface area contributed by atoms with Gasteiger partial charge in [0.05, 0.1) is 13.2 Å². The highest BCUT2D eigenvalue weighted by Crippen LogP contribution is 2.32. The van der Waals surface area contributed by atoms with Crippen molar-refractivity contribution in [2.75, 3.05) is 19.8 Å². The lowest BCUT2D eigenvalue weighted by Crippen LogP contribution is -2.39. The topological polar surface area (TPSA) is 29.5 Å². The summed E-state index contributed by atoms with van der Waals surface area (Å²) in [7, 11) is 0. The summed E-state index contributed by atoms with van der Waals surface area (Å²) in [6, 6.07) is 0. The van der Waals surface area contributed by atoms with Crippen LogP contribution in [0, 0.1) is 5.41 Å². The van der Waals surface area contributed by atoms with Crippen LogP contribution in [0.1, 0.15) is 32.6 Å². The van der Waals surface area contributed by atoms with E-state index < -0.39 is 0 Å². The zero-order valence-electron chi connectivity index (χ0n) is 7.31. The Hall–Kier alpha value is -0.0800. The fraction of sp³-hybridized carbons (Fsp3) is 1.00. The molecule has 0 radical (unpaired) electrons. The molecule has 0 unspecified atom stereocenters. The Kier molecular flexibility index (Phi) is 3.34. The molecule has 0 bridgehead atoms. The number of aliphatic hydroxyl groups excluding tert-OH is 1. The van der Waals surface area contributed by atoms with E-state index in [1.54, 1.807) is 0 Å². The van der Waals surface area contributed by atoms with Gasteiger partial charge < -0.3 is 9.84 Å². The van der Waals surface area contributed by atoms with E-state index in [0.717, 1.165) is 26.1 Å². The minimum Gasteiger partial charge on any atom is -0.396 e. The fourth-order valence-corrected chi connectivity index (χ4v) is 1.44. The van der Waals surface area contributed by atoms with Crippen LogP contribution in [0.5, 0.6) is 0 Å². The second-order valence-electron chi connectivity index (χ2n) is 3.84. The summed E-state index contributed by atoms with van der Waals surface area (Å²) in [6.45, 7) is 4.49. The number of ether oxygens (including phenoxy) is 1. The van der Waals surface area contributed by atoms with E-state index >= 15 is 0 Å². The van der Waals surface area contributed by atoms with Gasteiger partial charge in [0.15, 0.2) is 0 Å². The lowest BCUT2D eigenvalue weighted by Gasteiger charge is -2.38. The summed E-state index contributed by atoms with van der Waals surface area (Å²) in [5.41, 5.74) is 0.468. The normalized spacial score (nSPS) is 21.3. The van der Waals surface area contributed by atoms with Crippen molar-refractivity contribution in [3.8, 4) is 0 Å². The van der Waals surface area contributed by atoms with E-state index in [1.807, 2.05) is 0 Å².